The largest absolute Gasteiger partial charge is 0.496 e. The smallest absolute Gasteiger partial charge is 0.331 e. The van der Waals surface area contributed by atoms with Gasteiger partial charge in [-0.3, -0.25) is 19.8 Å². The van der Waals surface area contributed by atoms with Crippen LogP contribution in [0.25, 0.3) is 6.08 Å². The van der Waals surface area contributed by atoms with Crippen LogP contribution in [0.5, 0.6) is 5.75 Å². The molecule has 1 N–H and O–H groups in total. The molecule has 0 spiro atoms. The molecule has 98 valence electrons. The highest BCUT2D eigenvalue weighted by molar-refractivity contribution is 6.30. The summed E-state index contributed by atoms with van der Waals surface area (Å²) >= 11 is 0. The molecule has 1 aliphatic heterocycles. The number of nitrogens with one attached hydrogen (secondary N) is 1. The van der Waals surface area contributed by atoms with Crippen LogP contribution in [-0.2, 0) is 9.59 Å². The first-order valence-electron chi connectivity index (χ1n) is 5.52. The molecule has 0 bridgehead atoms. The highest BCUT2D eigenvalue weighted by Gasteiger charge is 2.33. The first kappa shape index (κ1) is 12.8. The van der Waals surface area contributed by atoms with Crippen molar-refractivity contribution in [3.8, 4) is 5.75 Å². The number of benzene rings is 1. The Kier molecular flexibility index (Phi) is 3.33. The molecule has 0 radical (unpaired) electrons. The van der Waals surface area contributed by atoms with Crippen molar-refractivity contribution in [3.05, 3.63) is 35.4 Å². The fourth-order valence-corrected chi connectivity index (χ4v) is 1.69. The number of ether oxygens (including phenoxy) is 1. The predicted molar refractivity (Wildman–Crippen MR) is 67.3 cm³/mol. The van der Waals surface area contributed by atoms with Crippen molar-refractivity contribution in [3.63, 3.8) is 0 Å². The van der Waals surface area contributed by atoms with Gasteiger partial charge in [0.15, 0.2) is 0 Å². The summed E-state index contributed by atoms with van der Waals surface area (Å²) in [7, 11) is 2.80. The average molecular weight is 260 g/mol. The third-order valence-corrected chi connectivity index (χ3v) is 2.74. The second kappa shape index (κ2) is 4.93. The van der Waals surface area contributed by atoms with Crippen molar-refractivity contribution < 1.29 is 19.1 Å². The minimum absolute atomic E-state index is 0.105. The minimum atomic E-state index is -0.729. The van der Waals surface area contributed by atoms with Gasteiger partial charge in [0.05, 0.1) is 7.11 Å². The minimum Gasteiger partial charge on any atom is -0.496 e. The van der Waals surface area contributed by atoms with Gasteiger partial charge in [-0.15, -0.1) is 0 Å². The summed E-state index contributed by atoms with van der Waals surface area (Å²) in [6.07, 6.45) is 1.40. The molecule has 2 rings (SSSR count). The Morgan fingerprint density at radius 1 is 1.21 bits per heavy atom. The summed E-state index contributed by atoms with van der Waals surface area (Å²) in [5.74, 6) is -0.811. The topological polar surface area (TPSA) is 75.7 Å². The Morgan fingerprint density at radius 2 is 1.89 bits per heavy atom. The Labute approximate surface area is 109 Å². The van der Waals surface area contributed by atoms with E-state index < -0.39 is 17.8 Å². The zero-order valence-electron chi connectivity index (χ0n) is 10.5. The van der Waals surface area contributed by atoms with E-state index in [1.165, 1.54) is 20.2 Å². The monoisotopic (exact) mass is 260 g/mol. The van der Waals surface area contributed by atoms with Gasteiger partial charge >= 0.3 is 6.03 Å². The molecule has 0 unspecified atom stereocenters. The molecular weight excluding hydrogens is 248 g/mol. The molecule has 1 aliphatic rings. The van der Waals surface area contributed by atoms with Gasteiger partial charge < -0.3 is 4.74 Å². The summed E-state index contributed by atoms with van der Waals surface area (Å²) in [4.78, 5) is 35.7. The Bertz CT molecular complexity index is 592. The van der Waals surface area contributed by atoms with Crippen LogP contribution >= 0.6 is 0 Å². The van der Waals surface area contributed by atoms with Crippen LogP contribution in [0.1, 0.15) is 5.56 Å². The van der Waals surface area contributed by atoms with Crippen LogP contribution < -0.4 is 10.1 Å². The first-order valence-corrected chi connectivity index (χ1v) is 5.52. The molecule has 0 atom stereocenters. The number of methoxy groups -OCH3 is 1. The van der Waals surface area contributed by atoms with Gasteiger partial charge in [-0.2, -0.15) is 0 Å². The van der Waals surface area contributed by atoms with Crippen molar-refractivity contribution in [2.45, 2.75) is 0 Å². The number of carbonyl (C=O) groups excluding carboxylic acids is 3. The summed E-state index contributed by atoms with van der Waals surface area (Å²) in [6.45, 7) is 0. The highest BCUT2D eigenvalue weighted by atomic mass is 16.5. The number of hydrogen-bond acceptors (Lipinski definition) is 4. The Hall–Kier alpha value is -2.63. The molecule has 1 aromatic carbocycles. The lowest BCUT2D eigenvalue weighted by molar-refractivity contribution is -0.129. The van der Waals surface area contributed by atoms with E-state index in [9.17, 15) is 14.4 Å². The molecule has 1 fully saturated rings. The lowest BCUT2D eigenvalue weighted by Gasteiger charge is -2.22. The predicted octanol–water partition coefficient (Wildman–Crippen LogP) is 0.787. The molecule has 6 heteroatoms. The standard InChI is InChI=1S/C13H12N2O4/c1-15-12(17)9(11(16)14-13(15)18)7-8-5-3-4-6-10(8)19-2/h3-7H,1-2H3,(H,14,16,18). The molecule has 0 aliphatic carbocycles. The van der Waals surface area contributed by atoms with Gasteiger partial charge in [-0.05, 0) is 12.1 Å². The highest BCUT2D eigenvalue weighted by Crippen LogP contribution is 2.22. The second-order valence-electron chi connectivity index (χ2n) is 3.92. The fraction of sp³-hybridized carbons (Fsp3) is 0.154. The molecule has 6 nitrogen and oxygen atoms in total. The van der Waals surface area contributed by atoms with E-state index in [1.54, 1.807) is 24.3 Å². The summed E-state index contributed by atoms with van der Waals surface area (Å²) in [5, 5.41) is 2.09. The van der Waals surface area contributed by atoms with E-state index >= 15 is 0 Å². The van der Waals surface area contributed by atoms with E-state index in [1.807, 2.05) is 0 Å². The number of nitrogens with zero attached hydrogens (tertiary/aromatic N) is 1. The number of barbiturate groups is 1. The van der Waals surface area contributed by atoms with E-state index in [0.29, 0.717) is 11.3 Å². The van der Waals surface area contributed by atoms with Crippen LogP contribution in [0.3, 0.4) is 0 Å². The normalized spacial score (nSPS) is 17.7. The molecule has 19 heavy (non-hydrogen) atoms. The molecule has 1 saturated heterocycles. The van der Waals surface area contributed by atoms with Crippen LogP contribution in [0.4, 0.5) is 4.79 Å². The summed E-state index contributed by atoms with van der Waals surface area (Å²) < 4.78 is 5.14. The lowest BCUT2D eigenvalue weighted by atomic mass is 10.1. The first-order chi connectivity index (χ1) is 9.04. The van der Waals surface area contributed by atoms with Crippen LogP contribution in [0, 0.1) is 0 Å². The van der Waals surface area contributed by atoms with Gasteiger partial charge in [0.2, 0.25) is 0 Å². The second-order valence-corrected chi connectivity index (χ2v) is 3.92. The van der Waals surface area contributed by atoms with E-state index in [4.69, 9.17) is 4.74 Å². The SMILES string of the molecule is COc1ccccc1C=C1C(=O)NC(=O)N(C)C1=O. The number of rotatable bonds is 2. The summed E-state index contributed by atoms with van der Waals surface area (Å²) in [6, 6.07) is 6.23. The number of para-hydroxylation sites is 1. The van der Waals surface area contributed by atoms with Crippen LogP contribution in [-0.4, -0.2) is 36.9 Å². The van der Waals surface area contributed by atoms with Gasteiger partial charge in [-0.25, -0.2) is 4.79 Å². The van der Waals surface area contributed by atoms with E-state index in [-0.39, 0.29) is 5.57 Å². The molecule has 1 aromatic rings. The number of carbonyl (C=O) groups is 3. The van der Waals surface area contributed by atoms with Gasteiger partial charge in [0, 0.05) is 12.6 Å². The lowest BCUT2D eigenvalue weighted by Crippen LogP contribution is -2.52. The van der Waals surface area contributed by atoms with Crippen LogP contribution in [0.2, 0.25) is 0 Å². The maximum absolute atomic E-state index is 11.9. The van der Waals surface area contributed by atoms with Crippen molar-refractivity contribution in [1.82, 2.24) is 10.2 Å². The molecule has 0 saturated carbocycles. The maximum atomic E-state index is 11.9. The molecular formula is C13H12N2O4. The third-order valence-electron chi connectivity index (χ3n) is 2.74. The molecule has 0 aromatic heterocycles. The molecule has 1 heterocycles. The Balaban J connectivity index is 2.44. The maximum Gasteiger partial charge on any atom is 0.331 e. The van der Waals surface area contributed by atoms with Gasteiger partial charge in [0.1, 0.15) is 11.3 Å². The van der Waals surface area contributed by atoms with Crippen molar-refractivity contribution in [2.24, 2.45) is 0 Å². The number of likely N-dealkylation sites (N-methyl/N-ethyl adjacent to an activating group) is 1. The Morgan fingerprint density at radius 3 is 2.58 bits per heavy atom. The fourth-order valence-electron chi connectivity index (χ4n) is 1.69. The van der Waals surface area contributed by atoms with Crippen molar-refractivity contribution in [2.75, 3.05) is 14.2 Å². The van der Waals surface area contributed by atoms with Crippen LogP contribution in [0.15, 0.2) is 29.8 Å². The van der Waals surface area contributed by atoms with Crippen molar-refractivity contribution in [1.29, 1.82) is 0 Å². The number of imide groups is 2. The van der Waals surface area contributed by atoms with Gasteiger partial charge in [-0.1, -0.05) is 18.2 Å². The van der Waals surface area contributed by atoms with Crippen molar-refractivity contribution >= 4 is 23.9 Å². The number of hydrogen-bond donors (Lipinski definition) is 1. The zero-order chi connectivity index (χ0) is 14.0. The van der Waals surface area contributed by atoms with E-state index in [2.05, 4.69) is 5.32 Å². The average Bonchev–Trinajstić information content (AvgIpc) is 2.41. The number of amides is 4. The zero-order valence-corrected chi connectivity index (χ0v) is 10.5. The number of urea groups is 1. The van der Waals surface area contributed by atoms with E-state index in [0.717, 1.165) is 4.90 Å². The third kappa shape index (κ3) is 2.33. The summed E-state index contributed by atoms with van der Waals surface area (Å²) in [5.41, 5.74) is 0.484. The molecule has 4 amide bonds. The quantitative estimate of drug-likeness (QED) is 0.630. The van der Waals surface area contributed by atoms with Gasteiger partial charge in [0.25, 0.3) is 11.8 Å².